The molecule has 304 valence electrons. The molecule has 0 radical (unpaired) electrons. The minimum Gasteiger partial charge on any atom is -0.656 e. The van der Waals surface area contributed by atoms with Crippen molar-refractivity contribution in [2.45, 2.75) is 52.4 Å². The zero-order valence-electron chi connectivity index (χ0n) is 35.5. The number of imidazole rings is 1. The molecule has 0 saturated heterocycles. The SMILES string of the molecule is CC(C)(C)c1ccc2[n-]c3c(-c4nc5c(-c6[c-]c7c(cc6)c6ccccc6n7-c6cc(-c7ccncc7)ccn6)cccc5n4-c4ccccc4)cc(C(C)(C)C)cc3c2c1.[Pt+2]. The standard InChI is InChI=1S/C55H44N6.Pt/c1-54(2,3)37-20-22-46-43(31-37)44-32-38(55(4,5)6)33-45(51(44)58-46)53-59-52-40(16-12-18-48(52)60(53)39-13-8-7-9-14-39)36-19-21-42-41-15-10-11-17-47(41)61(49(42)29-36)50-30-35(25-28-57-50)34-23-26-56-27-24-34;/h7-28,30-33H,1-6H3;/q-2;+2. The minimum atomic E-state index is -0.113. The summed E-state index contributed by atoms with van der Waals surface area (Å²) >= 11 is 0. The Morgan fingerprint density at radius 1 is 0.548 bits per heavy atom. The quantitative estimate of drug-likeness (QED) is 0.161. The van der Waals surface area contributed by atoms with Crippen LogP contribution in [0, 0.1) is 6.07 Å². The Kier molecular flexibility index (Phi) is 9.42. The number of para-hydroxylation sites is 3. The molecular weight excluding hydrogens is 940 g/mol. The molecule has 0 amide bonds. The van der Waals surface area contributed by atoms with Crippen LogP contribution in [0.1, 0.15) is 52.7 Å². The van der Waals surface area contributed by atoms with Gasteiger partial charge in [-0.25, -0.2) is 9.97 Å². The summed E-state index contributed by atoms with van der Waals surface area (Å²) in [5.74, 6) is 1.69. The molecular formula is C55H44N6Pt. The Bertz CT molecular complexity index is 3490. The Labute approximate surface area is 375 Å². The van der Waals surface area contributed by atoms with E-state index in [-0.39, 0.29) is 31.9 Å². The molecule has 7 heteroatoms. The van der Waals surface area contributed by atoms with Crippen LogP contribution < -0.4 is 4.98 Å². The van der Waals surface area contributed by atoms with Gasteiger partial charge in [-0.3, -0.25) is 9.55 Å². The first-order valence-corrected chi connectivity index (χ1v) is 21.0. The van der Waals surface area contributed by atoms with Gasteiger partial charge in [0, 0.05) is 35.4 Å². The van der Waals surface area contributed by atoms with Crippen LogP contribution in [0.4, 0.5) is 0 Å². The molecule has 6 nitrogen and oxygen atoms in total. The summed E-state index contributed by atoms with van der Waals surface area (Å²) in [4.78, 5) is 20.2. The molecule has 62 heavy (non-hydrogen) atoms. The van der Waals surface area contributed by atoms with Crippen LogP contribution in [-0.4, -0.2) is 24.1 Å². The largest absolute Gasteiger partial charge is 2.00 e. The summed E-state index contributed by atoms with van der Waals surface area (Å²) in [7, 11) is 0. The second-order valence-corrected chi connectivity index (χ2v) is 18.2. The molecule has 11 rings (SSSR count). The van der Waals surface area contributed by atoms with Crippen molar-refractivity contribution in [3.05, 3.63) is 175 Å². The van der Waals surface area contributed by atoms with Gasteiger partial charge < -0.3 is 9.55 Å². The van der Waals surface area contributed by atoms with Crippen LogP contribution in [-0.2, 0) is 31.9 Å². The fourth-order valence-corrected chi connectivity index (χ4v) is 8.89. The van der Waals surface area contributed by atoms with E-state index in [0.29, 0.717) is 0 Å². The number of hydrogen-bond donors (Lipinski definition) is 0. The van der Waals surface area contributed by atoms with Crippen molar-refractivity contribution in [1.82, 2.24) is 29.1 Å². The average molecular weight is 984 g/mol. The van der Waals surface area contributed by atoms with Crippen LogP contribution in [0.2, 0.25) is 0 Å². The molecule has 0 spiro atoms. The summed E-state index contributed by atoms with van der Waals surface area (Å²) in [6.45, 7) is 13.7. The van der Waals surface area contributed by atoms with E-state index in [1.807, 2.05) is 36.8 Å². The van der Waals surface area contributed by atoms with Gasteiger partial charge in [-0.2, -0.15) is 0 Å². The Morgan fingerprint density at radius 2 is 1.27 bits per heavy atom. The van der Waals surface area contributed by atoms with E-state index in [0.717, 1.165) is 94.4 Å². The van der Waals surface area contributed by atoms with Crippen molar-refractivity contribution in [2.24, 2.45) is 0 Å². The topological polar surface area (TPSA) is 62.6 Å². The van der Waals surface area contributed by atoms with Gasteiger partial charge >= 0.3 is 21.1 Å². The van der Waals surface area contributed by atoms with Crippen LogP contribution in [0.15, 0.2) is 158 Å². The van der Waals surface area contributed by atoms with Gasteiger partial charge in [-0.1, -0.05) is 125 Å². The Hall–Kier alpha value is -6.62. The van der Waals surface area contributed by atoms with Crippen LogP contribution in [0.5, 0.6) is 0 Å². The van der Waals surface area contributed by atoms with E-state index < -0.39 is 0 Å². The monoisotopic (exact) mass is 983 g/mol. The zero-order valence-corrected chi connectivity index (χ0v) is 37.8. The average Bonchev–Trinajstić information content (AvgIpc) is 3.95. The maximum atomic E-state index is 5.66. The van der Waals surface area contributed by atoms with Gasteiger partial charge in [0.25, 0.3) is 0 Å². The van der Waals surface area contributed by atoms with Gasteiger partial charge in [-0.15, -0.1) is 34.8 Å². The predicted octanol–water partition coefficient (Wildman–Crippen LogP) is 13.6. The number of fused-ring (bicyclic) bond motifs is 7. The third kappa shape index (κ3) is 6.48. The van der Waals surface area contributed by atoms with Gasteiger partial charge in [0.1, 0.15) is 11.6 Å². The molecule has 0 N–H and O–H groups in total. The second kappa shape index (κ2) is 14.8. The van der Waals surface area contributed by atoms with Crippen LogP contribution in [0.25, 0.3) is 99.8 Å². The molecule has 0 aliphatic rings. The number of pyridine rings is 2. The maximum absolute atomic E-state index is 5.66. The summed E-state index contributed by atoms with van der Waals surface area (Å²) in [5, 5.41) is 4.60. The van der Waals surface area contributed by atoms with Crippen molar-refractivity contribution < 1.29 is 21.1 Å². The number of aromatic nitrogens is 6. The van der Waals surface area contributed by atoms with E-state index >= 15 is 0 Å². The number of benzene rings is 6. The van der Waals surface area contributed by atoms with E-state index in [1.54, 1.807) is 0 Å². The molecule has 5 aromatic heterocycles. The second-order valence-electron chi connectivity index (χ2n) is 18.2. The molecule has 0 saturated carbocycles. The molecule has 0 fully saturated rings. The third-order valence-electron chi connectivity index (χ3n) is 12.2. The summed E-state index contributed by atoms with van der Waals surface area (Å²) < 4.78 is 4.54. The molecule has 6 aromatic carbocycles. The molecule has 0 aliphatic carbocycles. The van der Waals surface area contributed by atoms with Crippen molar-refractivity contribution >= 4 is 54.6 Å². The fourth-order valence-electron chi connectivity index (χ4n) is 8.89. The molecule has 0 aliphatic heterocycles. The number of nitrogens with zero attached hydrogens (tertiary/aromatic N) is 6. The molecule has 11 aromatic rings. The normalized spacial score (nSPS) is 12.2. The maximum Gasteiger partial charge on any atom is 2.00 e. The molecule has 0 bridgehead atoms. The van der Waals surface area contributed by atoms with Crippen LogP contribution >= 0.6 is 0 Å². The molecule has 5 heterocycles. The zero-order chi connectivity index (χ0) is 41.6. The van der Waals surface area contributed by atoms with Crippen molar-refractivity contribution in [1.29, 1.82) is 0 Å². The van der Waals surface area contributed by atoms with E-state index in [4.69, 9.17) is 15.0 Å². The summed E-state index contributed by atoms with van der Waals surface area (Å²) in [6.07, 6.45) is 5.53. The van der Waals surface area contributed by atoms with Gasteiger partial charge in [0.15, 0.2) is 0 Å². The summed E-state index contributed by atoms with van der Waals surface area (Å²) in [6, 6.07) is 53.6. The smallest absolute Gasteiger partial charge is 0.656 e. The number of rotatable bonds is 5. The Morgan fingerprint density at radius 3 is 2.06 bits per heavy atom. The molecule has 0 atom stereocenters. The van der Waals surface area contributed by atoms with Crippen molar-refractivity contribution in [2.75, 3.05) is 0 Å². The predicted molar refractivity (Wildman–Crippen MR) is 252 cm³/mol. The van der Waals surface area contributed by atoms with E-state index in [2.05, 4.69) is 183 Å². The van der Waals surface area contributed by atoms with Crippen LogP contribution in [0.3, 0.4) is 0 Å². The van der Waals surface area contributed by atoms with Gasteiger partial charge in [0.2, 0.25) is 0 Å². The first kappa shape index (κ1) is 39.5. The van der Waals surface area contributed by atoms with E-state index in [1.165, 1.54) is 16.5 Å². The first-order valence-electron chi connectivity index (χ1n) is 21.0. The van der Waals surface area contributed by atoms with Gasteiger partial charge in [-0.05, 0) is 109 Å². The van der Waals surface area contributed by atoms with Gasteiger partial charge in [0.05, 0.1) is 11.0 Å². The minimum absolute atomic E-state index is 0. The number of hydrogen-bond acceptors (Lipinski definition) is 3. The first-order chi connectivity index (χ1) is 29.5. The van der Waals surface area contributed by atoms with Crippen molar-refractivity contribution in [3.63, 3.8) is 0 Å². The molecule has 0 unspecified atom stereocenters. The van der Waals surface area contributed by atoms with Crippen molar-refractivity contribution in [3.8, 4) is 45.1 Å². The Balaban J connectivity index is 0.00000458. The van der Waals surface area contributed by atoms with E-state index in [9.17, 15) is 0 Å². The third-order valence-corrected chi connectivity index (χ3v) is 12.2. The fraction of sp³-hybridized carbons (Fsp3) is 0.145. The summed E-state index contributed by atoms with van der Waals surface area (Å²) in [5.41, 5.74) is 14.5.